The lowest BCUT2D eigenvalue weighted by atomic mass is 9.91. The first-order valence-corrected chi connectivity index (χ1v) is 11.8. The van der Waals surface area contributed by atoms with Gasteiger partial charge in [0.1, 0.15) is 11.5 Å². The second kappa shape index (κ2) is 9.46. The summed E-state index contributed by atoms with van der Waals surface area (Å²) in [5.41, 5.74) is 1.20. The maximum Gasteiger partial charge on any atom is 0.281 e. The number of methoxy groups -OCH3 is 2. The normalized spacial score (nSPS) is 22.9. The lowest BCUT2D eigenvalue weighted by Crippen LogP contribution is -2.50. The summed E-state index contributed by atoms with van der Waals surface area (Å²) in [5.74, 6) is 2.64. The Labute approximate surface area is 170 Å². The van der Waals surface area contributed by atoms with Gasteiger partial charge in [0.05, 0.1) is 14.2 Å². The van der Waals surface area contributed by atoms with Crippen molar-refractivity contribution in [3.63, 3.8) is 0 Å². The Morgan fingerprint density at radius 2 is 1.61 bits per heavy atom. The Morgan fingerprint density at radius 1 is 0.964 bits per heavy atom. The van der Waals surface area contributed by atoms with Gasteiger partial charge in [0.25, 0.3) is 10.2 Å². The van der Waals surface area contributed by atoms with Gasteiger partial charge >= 0.3 is 0 Å². The van der Waals surface area contributed by atoms with Crippen molar-refractivity contribution in [3.8, 4) is 11.5 Å². The van der Waals surface area contributed by atoms with Crippen molar-refractivity contribution in [3.05, 3.63) is 23.8 Å². The molecular weight excluding hydrogens is 376 g/mol. The molecule has 1 aromatic rings. The summed E-state index contributed by atoms with van der Waals surface area (Å²) in [4.78, 5) is 0. The molecule has 0 N–H and O–H groups in total. The number of piperidine rings is 2. The smallest absolute Gasteiger partial charge is 0.281 e. The predicted octanol–water partition coefficient (Wildman–Crippen LogP) is 3.33. The Bertz CT molecular complexity index is 723. The highest BCUT2D eigenvalue weighted by atomic mass is 32.2. The maximum absolute atomic E-state index is 12.9. The number of ether oxygens (including phenoxy) is 2. The zero-order chi connectivity index (χ0) is 20.1. The van der Waals surface area contributed by atoms with Gasteiger partial charge in [-0.1, -0.05) is 6.92 Å². The van der Waals surface area contributed by atoms with Crippen LogP contribution in [0, 0.1) is 11.8 Å². The first kappa shape index (κ1) is 21.4. The van der Waals surface area contributed by atoms with E-state index in [1.807, 2.05) is 6.07 Å². The molecule has 2 heterocycles. The number of rotatable bonds is 7. The molecule has 1 atom stereocenters. The van der Waals surface area contributed by atoms with E-state index in [0.717, 1.165) is 50.0 Å². The van der Waals surface area contributed by atoms with Gasteiger partial charge in [-0.15, -0.1) is 0 Å². The summed E-state index contributed by atoms with van der Waals surface area (Å²) in [6.45, 7) is 4.75. The van der Waals surface area contributed by atoms with Crippen molar-refractivity contribution < 1.29 is 17.9 Å². The van der Waals surface area contributed by atoms with E-state index in [2.05, 4.69) is 19.1 Å². The second-order valence-corrected chi connectivity index (χ2v) is 10.1. The summed E-state index contributed by atoms with van der Waals surface area (Å²) >= 11 is 0. The Hall–Kier alpha value is -1.31. The quantitative estimate of drug-likeness (QED) is 0.692. The van der Waals surface area contributed by atoms with Crippen LogP contribution >= 0.6 is 0 Å². The highest BCUT2D eigenvalue weighted by Gasteiger charge is 2.34. The molecule has 2 aliphatic rings. The molecule has 0 aliphatic carbocycles. The van der Waals surface area contributed by atoms with Gasteiger partial charge in [-0.2, -0.15) is 17.0 Å². The molecule has 2 aliphatic heterocycles. The number of hydrogen-bond acceptors (Lipinski definition) is 4. The van der Waals surface area contributed by atoms with Crippen LogP contribution < -0.4 is 9.47 Å². The predicted molar refractivity (Wildman–Crippen MR) is 111 cm³/mol. The monoisotopic (exact) mass is 410 g/mol. The van der Waals surface area contributed by atoms with Crippen LogP contribution in [0.4, 0.5) is 0 Å². The van der Waals surface area contributed by atoms with Gasteiger partial charge in [0.15, 0.2) is 0 Å². The first-order chi connectivity index (χ1) is 13.4. The number of hydrogen-bond donors (Lipinski definition) is 0. The van der Waals surface area contributed by atoms with Crippen molar-refractivity contribution in [1.82, 2.24) is 8.61 Å². The van der Waals surface area contributed by atoms with Gasteiger partial charge in [-0.25, -0.2) is 0 Å². The summed E-state index contributed by atoms with van der Waals surface area (Å²) in [6.07, 6.45) is 5.98. The van der Waals surface area contributed by atoms with E-state index >= 15 is 0 Å². The van der Waals surface area contributed by atoms with E-state index in [9.17, 15) is 8.42 Å². The molecule has 0 radical (unpaired) electrons. The molecule has 0 spiro atoms. The molecule has 0 saturated carbocycles. The summed E-state index contributed by atoms with van der Waals surface area (Å²) < 4.78 is 40.0. The average Bonchev–Trinajstić information content (AvgIpc) is 2.72. The minimum absolute atomic E-state index is 0.459. The molecule has 7 heteroatoms. The molecule has 1 aromatic carbocycles. The minimum Gasteiger partial charge on any atom is -0.497 e. The molecule has 0 aromatic heterocycles. The van der Waals surface area contributed by atoms with E-state index in [4.69, 9.17) is 9.47 Å². The third-order valence-corrected chi connectivity index (χ3v) is 8.10. The molecular formula is C21H34N2O4S. The molecule has 158 valence electrons. The van der Waals surface area contributed by atoms with Crippen molar-refractivity contribution in [2.24, 2.45) is 11.8 Å². The fraction of sp³-hybridized carbons (Fsp3) is 0.714. The van der Waals surface area contributed by atoms with E-state index < -0.39 is 10.2 Å². The van der Waals surface area contributed by atoms with Gasteiger partial charge in [-0.05, 0) is 68.1 Å². The van der Waals surface area contributed by atoms with Crippen LogP contribution in [0.5, 0.6) is 11.5 Å². The number of benzene rings is 1. The van der Waals surface area contributed by atoms with E-state index in [0.29, 0.717) is 38.0 Å². The van der Waals surface area contributed by atoms with E-state index in [1.54, 1.807) is 22.8 Å². The fourth-order valence-electron chi connectivity index (χ4n) is 4.33. The first-order valence-electron chi connectivity index (χ1n) is 10.4. The van der Waals surface area contributed by atoms with Crippen LogP contribution in [0.2, 0.25) is 0 Å². The zero-order valence-corrected chi connectivity index (χ0v) is 18.2. The van der Waals surface area contributed by atoms with Crippen LogP contribution in [-0.2, 0) is 16.6 Å². The van der Waals surface area contributed by atoms with Crippen molar-refractivity contribution in [2.45, 2.75) is 45.4 Å². The van der Waals surface area contributed by atoms with Crippen LogP contribution in [0.25, 0.3) is 0 Å². The Morgan fingerprint density at radius 3 is 2.18 bits per heavy atom. The van der Waals surface area contributed by atoms with Gasteiger partial charge < -0.3 is 9.47 Å². The van der Waals surface area contributed by atoms with E-state index in [-0.39, 0.29) is 0 Å². The minimum atomic E-state index is -3.29. The topological polar surface area (TPSA) is 59.1 Å². The van der Waals surface area contributed by atoms with Crippen LogP contribution in [0.15, 0.2) is 18.2 Å². The average molecular weight is 411 g/mol. The third kappa shape index (κ3) is 5.19. The molecule has 0 amide bonds. The molecule has 28 heavy (non-hydrogen) atoms. The summed E-state index contributed by atoms with van der Waals surface area (Å²) in [6, 6.07) is 5.99. The van der Waals surface area contributed by atoms with Crippen LogP contribution in [0.1, 0.15) is 44.6 Å². The van der Waals surface area contributed by atoms with E-state index in [1.165, 1.54) is 5.56 Å². The lowest BCUT2D eigenvalue weighted by molar-refractivity contribution is 0.223. The SMILES string of the molecule is COc1cc(CCC2CCN(S(=O)(=O)N3CCCC(C)C3)CC2)cc(OC)c1. The molecule has 1 unspecified atom stereocenters. The highest BCUT2D eigenvalue weighted by molar-refractivity contribution is 7.86. The molecule has 2 fully saturated rings. The molecule has 2 saturated heterocycles. The van der Waals surface area contributed by atoms with Crippen LogP contribution in [0.3, 0.4) is 0 Å². The summed E-state index contributed by atoms with van der Waals surface area (Å²) in [5, 5.41) is 0. The standard InChI is InChI=1S/C21H34N2O4S/c1-17-5-4-10-23(16-17)28(24,25)22-11-8-18(9-12-22)6-7-19-13-20(26-2)15-21(14-19)27-3/h13-15,17-18H,4-12,16H2,1-3H3. The largest absolute Gasteiger partial charge is 0.497 e. The number of nitrogens with zero attached hydrogens (tertiary/aromatic N) is 2. The fourth-order valence-corrected chi connectivity index (χ4v) is 6.13. The zero-order valence-electron chi connectivity index (χ0n) is 17.4. The lowest BCUT2D eigenvalue weighted by Gasteiger charge is -2.37. The van der Waals surface area contributed by atoms with Crippen molar-refractivity contribution >= 4 is 10.2 Å². The second-order valence-electron chi connectivity index (χ2n) is 8.22. The Kier molecular flexibility index (Phi) is 7.23. The van der Waals surface area contributed by atoms with Crippen molar-refractivity contribution in [2.75, 3.05) is 40.4 Å². The molecule has 0 bridgehead atoms. The maximum atomic E-state index is 12.9. The summed E-state index contributed by atoms with van der Waals surface area (Å²) in [7, 11) is 0.0360. The van der Waals surface area contributed by atoms with Gasteiger partial charge in [-0.3, -0.25) is 0 Å². The molecule has 6 nitrogen and oxygen atoms in total. The van der Waals surface area contributed by atoms with Crippen LogP contribution in [-0.4, -0.2) is 57.4 Å². The van der Waals surface area contributed by atoms with Gasteiger partial charge in [0.2, 0.25) is 0 Å². The number of aryl methyl sites for hydroxylation is 1. The Balaban J connectivity index is 1.52. The van der Waals surface area contributed by atoms with Crippen molar-refractivity contribution in [1.29, 1.82) is 0 Å². The third-order valence-electron chi connectivity index (χ3n) is 6.10. The highest BCUT2D eigenvalue weighted by Crippen LogP contribution is 2.29. The van der Waals surface area contributed by atoms with Gasteiger partial charge in [0, 0.05) is 32.2 Å². The molecule has 3 rings (SSSR count).